The maximum Gasteiger partial charge on any atom is 0.151 e. The average Bonchev–Trinajstić information content (AvgIpc) is 3.40. The van der Waals surface area contributed by atoms with E-state index in [1.54, 1.807) is 17.7 Å². The summed E-state index contributed by atoms with van der Waals surface area (Å²) in [6.45, 7) is 4.27. The molecule has 0 spiro atoms. The summed E-state index contributed by atoms with van der Waals surface area (Å²) in [7, 11) is 0. The van der Waals surface area contributed by atoms with E-state index in [1.165, 1.54) is 6.42 Å². The maximum atomic E-state index is 9.05. The number of nitrogens with zero attached hydrogens (tertiary/aromatic N) is 5. The summed E-state index contributed by atoms with van der Waals surface area (Å²) in [5.74, 6) is 2.12. The molecule has 4 heterocycles. The maximum absolute atomic E-state index is 9.05. The van der Waals surface area contributed by atoms with Crippen LogP contribution < -0.4 is 4.90 Å². The van der Waals surface area contributed by atoms with Crippen LogP contribution >= 0.6 is 11.3 Å². The molecule has 3 aromatic heterocycles. The van der Waals surface area contributed by atoms with Crippen molar-refractivity contribution in [3.05, 3.63) is 34.7 Å². The van der Waals surface area contributed by atoms with Gasteiger partial charge in [-0.1, -0.05) is 13.3 Å². The summed E-state index contributed by atoms with van der Waals surface area (Å²) < 4.78 is 0. The van der Waals surface area contributed by atoms with Gasteiger partial charge in [0.15, 0.2) is 5.69 Å². The highest BCUT2D eigenvalue weighted by atomic mass is 32.1. The number of anilines is 1. The summed E-state index contributed by atoms with van der Waals surface area (Å²) in [6, 6.07) is 4.21. The van der Waals surface area contributed by atoms with Crippen LogP contribution in [0.2, 0.25) is 0 Å². The molecule has 1 saturated heterocycles. The lowest BCUT2D eigenvalue weighted by Gasteiger charge is -2.20. The highest BCUT2D eigenvalue weighted by Gasteiger charge is 2.28. The van der Waals surface area contributed by atoms with Gasteiger partial charge in [-0.2, -0.15) is 5.26 Å². The summed E-state index contributed by atoms with van der Waals surface area (Å²) >= 11 is 1.63. The largest absolute Gasteiger partial charge is 0.356 e. The normalized spacial score (nSPS) is 18.3. The van der Waals surface area contributed by atoms with Crippen LogP contribution in [0.25, 0.3) is 11.0 Å². The number of aromatic amines is 1. The van der Waals surface area contributed by atoms with Gasteiger partial charge in [-0.05, 0) is 31.2 Å². The number of nitriles is 1. The molecule has 2 atom stereocenters. The third-order valence-corrected chi connectivity index (χ3v) is 6.17. The number of aromatic nitrogens is 4. The van der Waals surface area contributed by atoms with Crippen molar-refractivity contribution in [1.82, 2.24) is 19.9 Å². The quantitative estimate of drug-likeness (QED) is 0.711. The molecule has 0 bridgehead atoms. The van der Waals surface area contributed by atoms with E-state index in [4.69, 9.17) is 5.26 Å². The molecule has 0 radical (unpaired) electrons. The lowest BCUT2D eigenvalue weighted by atomic mass is 9.91. The number of rotatable bonds is 6. The fourth-order valence-corrected chi connectivity index (χ4v) is 4.84. The van der Waals surface area contributed by atoms with Gasteiger partial charge in [0.25, 0.3) is 0 Å². The zero-order valence-corrected chi connectivity index (χ0v) is 15.7. The number of fused-ring (bicyclic) bond motifs is 1. The van der Waals surface area contributed by atoms with E-state index in [1.807, 2.05) is 11.6 Å². The number of thiazole rings is 1. The van der Waals surface area contributed by atoms with Gasteiger partial charge in [0.05, 0.1) is 10.4 Å². The topological polar surface area (TPSA) is 81.5 Å². The molecule has 0 saturated carbocycles. The molecule has 0 aliphatic carbocycles. The summed E-state index contributed by atoms with van der Waals surface area (Å²) in [5.41, 5.74) is 1.45. The van der Waals surface area contributed by atoms with Crippen LogP contribution in [0, 0.1) is 17.2 Å². The van der Waals surface area contributed by atoms with E-state index in [0.717, 1.165) is 54.2 Å². The molecular formula is C19H22N6S. The van der Waals surface area contributed by atoms with Crippen molar-refractivity contribution in [2.24, 2.45) is 5.92 Å². The second kappa shape index (κ2) is 7.42. The Balaban J connectivity index is 1.47. The van der Waals surface area contributed by atoms with Crippen molar-refractivity contribution in [2.45, 2.75) is 38.5 Å². The van der Waals surface area contributed by atoms with Crippen LogP contribution in [0.5, 0.6) is 0 Å². The smallest absolute Gasteiger partial charge is 0.151 e. The summed E-state index contributed by atoms with van der Waals surface area (Å²) in [6.07, 6.45) is 8.13. The molecule has 4 rings (SSSR count). The van der Waals surface area contributed by atoms with Crippen molar-refractivity contribution in [1.29, 1.82) is 5.26 Å². The lowest BCUT2D eigenvalue weighted by Crippen LogP contribution is -2.21. The van der Waals surface area contributed by atoms with Crippen LogP contribution in [0.15, 0.2) is 24.0 Å². The predicted octanol–water partition coefficient (Wildman–Crippen LogP) is 4.09. The second-order valence-corrected chi connectivity index (χ2v) is 7.83. The van der Waals surface area contributed by atoms with Gasteiger partial charge in [0.2, 0.25) is 0 Å². The first-order valence-electron chi connectivity index (χ1n) is 9.17. The molecule has 1 aliphatic rings. The molecule has 7 heteroatoms. The van der Waals surface area contributed by atoms with Crippen molar-refractivity contribution in [3.8, 4) is 6.07 Å². The third-order valence-electron chi connectivity index (χ3n) is 5.16. The Morgan fingerprint density at radius 1 is 1.46 bits per heavy atom. The van der Waals surface area contributed by atoms with Gasteiger partial charge in [-0.15, -0.1) is 11.3 Å². The molecule has 134 valence electrons. The highest BCUT2D eigenvalue weighted by molar-refractivity contribution is 7.09. The average molecular weight is 366 g/mol. The fourth-order valence-electron chi connectivity index (χ4n) is 3.95. The Kier molecular flexibility index (Phi) is 4.85. The van der Waals surface area contributed by atoms with Crippen molar-refractivity contribution >= 4 is 28.2 Å². The SMILES string of the molecule is CCCC(CC1CCN(c2ncnc3[nH]ccc23)C1)c1nc(C#N)cs1. The number of nitrogens with one attached hydrogen (secondary N) is 1. The van der Waals surface area contributed by atoms with Crippen molar-refractivity contribution < 1.29 is 0 Å². The minimum atomic E-state index is 0.453. The Morgan fingerprint density at radius 2 is 2.38 bits per heavy atom. The van der Waals surface area contributed by atoms with E-state index in [0.29, 0.717) is 17.5 Å². The molecule has 1 fully saturated rings. The third kappa shape index (κ3) is 3.29. The van der Waals surface area contributed by atoms with E-state index in [-0.39, 0.29) is 0 Å². The molecule has 0 aromatic carbocycles. The Hall–Kier alpha value is -2.46. The molecule has 0 amide bonds. The number of hydrogen-bond donors (Lipinski definition) is 1. The highest BCUT2D eigenvalue weighted by Crippen LogP contribution is 2.36. The minimum absolute atomic E-state index is 0.453. The first kappa shape index (κ1) is 17.0. The first-order valence-corrected chi connectivity index (χ1v) is 10.0. The van der Waals surface area contributed by atoms with Crippen LogP contribution in [-0.4, -0.2) is 33.0 Å². The standard InChI is InChI=1S/C19H22N6S/c1-2-3-14(19-24-15(9-20)11-26-19)8-13-5-7-25(10-13)18-16-4-6-21-17(16)22-12-23-18/h4,6,11-14H,2-3,5,7-8,10H2,1H3,(H,21,22,23). The number of H-pyrrole nitrogens is 1. The van der Waals surface area contributed by atoms with Crippen LogP contribution in [0.1, 0.15) is 49.2 Å². The predicted molar refractivity (Wildman–Crippen MR) is 103 cm³/mol. The monoisotopic (exact) mass is 366 g/mol. The van der Waals surface area contributed by atoms with Gasteiger partial charge in [0.1, 0.15) is 23.9 Å². The van der Waals surface area contributed by atoms with Crippen molar-refractivity contribution in [3.63, 3.8) is 0 Å². The second-order valence-electron chi connectivity index (χ2n) is 6.94. The van der Waals surface area contributed by atoms with Crippen LogP contribution in [0.3, 0.4) is 0 Å². The molecular weight excluding hydrogens is 344 g/mol. The first-order chi connectivity index (χ1) is 12.8. The Bertz CT molecular complexity index is 923. The zero-order chi connectivity index (χ0) is 17.9. The summed E-state index contributed by atoms with van der Waals surface area (Å²) in [4.78, 5) is 18.9. The van der Waals surface area contributed by atoms with E-state index >= 15 is 0 Å². The Labute approximate surface area is 156 Å². The molecule has 1 aliphatic heterocycles. The van der Waals surface area contributed by atoms with Crippen LogP contribution in [-0.2, 0) is 0 Å². The van der Waals surface area contributed by atoms with E-state index < -0.39 is 0 Å². The van der Waals surface area contributed by atoms with Gasteiger partial charge in [-0.3, -0.25) is 0 Å². The lowest BCUT2D eigenvalue weighted by molar-refractivity contribution is 0.446. The molecule has 3 aromatic rings. The zero-order valence-electron chi connectivity index (χ0n) is 14.9. The van der Waals surface area contributed by atoms with Gasteiger partial charge < -0.3 is 9.88 Å². The fraction of sp³-hybridized carbons (Fsp3) is 0.474. The molecule has 1 N–H and O–H groups in total. The van der Waals surface area contributed by atoms with Gasteiger partial charge in [0, 0.05) is 30.6 Å². The Morgan fingerprint density at radius 3 is 3.19 bits per heavy atom. The molecule has 26 heavy (non-hydrogen) atoms. The molecule has 6 nitrogen and oxygen atoms in total. The van der Waals surface area contributed by atoms with Crippen molar-refractivity contribution in [2.75, 3.05) is 18.0 Å². The van der Waals surface area contributed by atoms with E-state index in [2.05, 4.69) is 43.9 Å². The summed E-state index contributed by atoms with van der Waals surface area (Å²) in [5, 5.41) is 13.1. The molecule has 2 unspecified atom stereocenters. The van der Waals surface area contributed by atoms with Gasteiger partial charge >= 0.3 is 0 Å². The minimum Gasteiger partial charge on any atom is -0.356 e. The van der Waals surface area contributed by atoms with Gasteiger partial charge in [-0.25, -0.2) is 15.0 Å². The van der Waals surface area contributed by atoms with E-state index in [9.17, 15) is 0 Å². The van der Waals surface area contributed by atoms with Crippen LogP contribution in [0.4, 0.5) is 5.82 Å². The number of hydrogen-bond acceptors (Lipinski definition) is 6.